The molecule has 5 heteroatoms. The first-order valence-corrected chi connectivity index (χ1v) is 9.64. The topological polar surface area (TPSA) is 58.6 Å². The zero-order chi connectivity index (χ0) is 20.3. The van der Waals surface area contributed by atoms with Crippen molar-refractivity contribution in [1.82, 2.24) is 4.90 Å². The summed E-state index contributed by atoms with van der Waals surface area (Å²) < 4.78 is 5.46. The van der Waals surface area contributed by atoms with E-state index in [-0.39, 0.29) is 11.8 Å². The highest BCUT2D eigenvalue weighted by Gasteiger charge is 2.38. The summed E-state index contributed by atoms with van der Waals surface area (Å²) in [6.07, 6.45) is 0.716. The van der Waals surface area contributed by atoms with Gasteiger partial charge in [-0.3, -0.25) is 14.5 Å². The van der Waals surface area contributed by atoms with Gasteiger partial charge in [0.05, 0.1) is 12.2 Å². The van der Waals surface area contributed by atoms with Crippen molar-refractivity contribution in [2.45, 2.75) is 34.1 Å². The van der Waals surface area contributed by atoms with Crippen LogP contribution < -0.4 is 10.1 Å². The predicted octanol–water partition coefficient (Wildman–Crippen LogP) is 4.30. The summed E-state index contributed by atoms with van der Waals surface area (Å²) >= 11 is 0. The van der Waals surface area contributed by atoms with Gasteiger partial charge in [0.15, 0.2) is 0 Å². The summed E-state index contributed by atoms with van der Waals surface area (Å²) in [4.78, 5) is 27.3. The van der Waals surface area contributed by atoms with Gasteiger partial charge in [0.1, 0.15) is 11.4 Å². The number of imide groups is 1. The molecule has 0 saturated carbocycles. The molecule has 2 aromatic rings. The number of carbonyl (C=O) groups excluding carboxylic acids is 2. The number of benzene rings is 2. The normalized spacial score (nSPS) is 14.1. The maximum atomic E-state index is 13.0. The number of nitrogens with zero attached hydrogens (tertiary/aromatic N) is 1. The van der Waals surface area contributed by atoms with Crippen LogP contribution >= 0.6 is 0 Å². The van der Waals surface area contributed by atoms with Gasteiger partial charge in [0.2, 0.25) is 0 Å². The van der Waals surface area contributed by atoms with E-state index in [0.717, 1.165) is 28.1 Å². The number of hydrogen-bond acceptors (Lipinski definition) is 4. The van der Waals surface area contributed by atoms with E-state index in [2.05, 4.69) is 5.32 Å². The van der Waals surface area contributed by atoms with Crippen molar-refractivity contribution >= 4 is 23.1 Å². The molecule has 1 aliphatic heterocycles. The van der Waals surface area contributed by atoms with Crippen LogP contribution in [0.3, 0.4) is 0 Å². The van der Waals surface area contributed by atoms with Gasteiger partial charge in [-0.05, 0) is 68.1 Å². The first kappa shape index (κ1) is 19.7. The SMILES string of the molecule is CCCN1C(=O)C(Nc2ccc(OCC)cc2)=C(c2ccc(C)c(C)c2)C1=O. The molecule has 0 bridgehead atoms. The second-order valence-electron chi connectivity index (χ2n) is 6.89. The fraction of sp³-hybridized carbons (Fsp3) is 0.304. The molecular weight excluding hydrogens is 352 g/mol. The molecule has 1 aliphatic rings. The van der Waals surface area contributed by atoms with Crippen molar-refractivity contribution in [1.29, 1.82) is 0 Å². The van der Waals surface area contributed by atoms with Crippen molar-refractivity contribution in [2.75, 3.05) is 18.5 Å². The summed E-state index contributed by atoms with van der Waals surface area (Å²) in [7, 11) is 0. The lowest BCUT2D eigenvalue weighted by Crippen LogP contribution is -2.33. The summed E-state index contributed by atoms with van der Waals surface area (Å²) in [5.74, 6) is 0.232. The molecule has 0 saturated heterocycles. The first-order valence-electron chi connectivity index (χ1n) is 9.64. The van der Waals surface area contributed by atoms with E-state index in [1.807, 2.05) is 70.2 Å². The largest absolute Gasteiger partial charge is 0.494 e. The zero-order valence-corrected chi connectivity index (χ0v) is 16.8. The number of hydrogen-bond donors (Lipinski definition) is 1. The Kier molecular flexibility index (Phi) is 5.83. The molecule has 0 radical (unpaired) electrons. The van der Waals surface area contributed by atoms with Crippen molar-refractivity contribution in [3.8, 4) is 5.75 Å². The van der Waals surface area contributed by atoms with Crippen LogP contribution in [0.25, 0.3) is 5.57 Å². The van der Waals surface area contributed by atoms with E-state index in [9.17, 15) is 9.59 Å². The van der Waals surface area contributed by atoms with Gasteiger partial charge in [-0.25, -0.2) is 0 Å². The Bertz CT molecular complexity index is 929. The van der Waals surface area contributed by atoms with Gasteiger partial charge in [-0.2, -0.15) is 0 Å². The molecule has 0 spiro atoms. The second-order valence-corrected chi connectivity index (χ2v) is 6.89. The zero-order valence-electron chi connectivity index (χ0n) is 16.8. The molecule has 28 heavy (non-hydrogen) atoms. The molecule has 2 amide bonds. The van der Waals surface area contributed by atoms with Gasteiger partial charge in [-0.15, -0.1) is 0 Å². The molecule has 1 N–H and O–H groups in total. The van der Waals surface area contributed by atoms with E-state index >= 15 is 0 Å². The van der Waals surface area contributed by atoms with Crippen LogP contribution in [0.4, 0.5) is 5.69 Å². The highest BCUT2D eigenvalue weighted by Crippen LogP contribution is 2.31. The van der Waals surface area contributed by atoms with Crippen molar-refractivity contribution < 1.29 is 14.3 Å². The van der Waals surface area contributed by atoms with Crippen LogP contribution in [0, 0.1) is 13.8 Å². The number of anilines is 1. The molecule has 0 unspecified atom stereocenters. The fourth-order valence-corrected chi connectivity index (χ4v) is 3.23. The number of ether oxygens (including phenoxy) is 1. The average molecular weight is 378 g/mol. The molecule has 0 fully saturated rings. The summed E-state index contributed by atoms with van der Waals surface area (Å²) in [6, 6.07) is 13.2. The Labute approximate surface area is 166 Å². The Balaban J connectivity index is 2.02. The lowest BCUT2D eigenvalue weighted by atomic mass is 9.99. The second kappa shape index (κ2) is 8.30. The van der Waals surface area contributed by atoms with Crippen LogP contribution in [0.5, 0.6) is 5.75 Å². The third kappa shape index (κ3) is 3.79. The monoisotopic (exact) mass is 378 g/mol. The Morgan fingerprint density at radius 1 is 0.929 bits per heavy atom. The molecule has 0 atom stereocenters. The Morgan fingerprint density at radius 2 is 1.64 bits per heavy atom. The highest BCUT2D eigenvalue weighted by molar-refractivity contribution is 6.36. The number of rotatable bonds is 7. The standard InChI is InChI=1S/C23H26N2O3/c1-5-13-25-22(26)20(17-8-7-15(3)16(4)14-17)21(23(25)27)24-18-9-11-19(12-10-18)28-6-2/h7-12,14,24H,5-6,13H2,1-4H3. The van der Waals surface area contributed by atoms with Gasteiger partial charge < -0.3 is 10.1 Å². The van der Waals surface area contributed by atoms with Crippen LogP contribution in [-0.4, -0.2) is 29.9 Å². The van der Waals surface area contributed by atoms with Crippen LogP contribution in [0.15, 0.2) is 48.2 Å². The van der Waals surface area contributed by atoms with E-state index in [1.54, 1.807) is 0 Å². The van der Waals surface area contributed by atoms with Gasteiger partial charge >= 0.3 is 0 Å². The lowest BCUT2D eigenvalue weighted by Gasteiger charge is -2.14. The van der Waals surface area contributed by atoms with Crippen molar-refractivity contribution in [3.05, 3.63) is 64.9 Å². The minimum Gasteiger partial charge on any atom is -0.494 e. The third-order valence-corrected chi connectivity index (χ3v) is 4.85. The Morgan fingerprint density at radius 3 is 2.25 bits per heavy atom. The van der Waals surface area contributed by atoms with Gasteiger partial charge in [-0.1, -0.05) is 25.1 Å². The van der Waals surface area contributed by atoms with Crippen molar-refractivity contribution in [2.24, 2.45) is 0 Å². The first-order chi connectivity index (χ1) is 13.5. The molecule has 146 valence electrons. The minimum absolute atomic E-state index is 0.247. The van der Waals surface area contributed by atoms with E-state index in [1.165, 1.54) is 4.90 Å². The number of nitrogens with one attached hydrogen (secondary N) is 1. The minimum atomic E-state index is -0.283. The van der Waals surface area contributed by atoms with Crippen LogP contribution in [-0.2, 0) is 9.59 Å². The van der Waals surface area contributed by atoms with E-state index in [4.69, 9.17) is 4.74 Å². The third-order valence-electron chi connectivity index (χ3n) is 4.85. The number of carbonyl (C=O) groups is 2. The molecule has 1 heterocycles. The maximum absolute atomic E-state index is 13.0. The molecule has 0 aliphatic carbocycles. The smallest absolute Gasteiger partial charge is 0.278 e. The average Bonchev–Trinajstić information content (AvgIpc) is 2.90. The molecule has 5 nitrogen and oxygen atoms in total. The Hall–Kier alpha value is -3.08. The molecule has 3 rings (SSSR count). The summed E-state index contributed by atoms with van der Waals surface area (Å²) in [5.41, 5.74) is 4.47. The van der Waals surface area contributed by atoms with E-state index in [0.29, 0.717) is 30.8 Å². The predicted molar refractivity (Wildman–Crippen MR) is 111 cm³/mol. The number of aryl methyl sites for hydroxylation is 2. The quantitative estimate of drug-likeness (QED) is 0.730. The lowest BCUT2D eigenvalue weighted by molar-refractivity contribution is -0.136. The van der Waals surface area contributed by atoms with Crippen LogP contribution in [0.2, 0.25) is 0 Å². The van der Waals surface area contributed by atoms with Crippen LogP contribution in [0.1, 0.15) is 37.0 Å². The number of amides is 2. The highest BCUT2D eigenvalue weighted by atomic mass is 16.5. The molecule has 2 aromatic carbocycles. The van der Waals surface area contributed by atoms with E-state index < -0.39 is 0 Å². The molecular formula is C23H26N2O3. The fourth-order valence-electron chi connectivity index (χ4n) is 3.23. The maximum Gasteiger partial charge on any atom is 0.278 e. The summed E-state index contributed by atoms with van der Waals surface area (Å²) in [5, 5.41) is 3.17. The van der Waals surface area contributed by atoms with Gasteiger partial charge in [0, 0.05) is 12.2 Å². The summed E-state index contributed by atoms with van der Waals surface area (Å²) in [6.45, 7) is 8.90. The van der Waals surface area contributed by atoms with Crippen molar-refractivity contribution in [3.63, 3.8) is 0 Å². The molecule has 0 aromatic heterocycles. The van der Waals surface area contributed by atoms with Gasteiger partial charge in [0.25, 0.3) is 11.8 Å².